The molecule has 5 heterocycles. The van der Waals surface area contributed by atoms with Crippen molar-refractivity contribution in [2.75, 3.05) is 78.9 Å². The predicted octanol–water partition coefficient (Wildman–Crippen LogP) is 4.82. The highest BCUT2D eigenvalue weighted by Gasteiger charge is 2.47. The predicted molar refractivity (Wildman–Crippen MR) is 220 cm³/mol. The van der Waals surface area contributed by atoms with Crippen LogP contribution in [-0.4, -0.2) is 115 Å². The highest BCUT2D eigenvalue weighted by molar-refractivity contribution is 6.32. The Balaban J connectivity index is 0.777. The quantitative estimate of drug-likeness (QED) is 0.249. The van der Waals surface area contributed by atoms with E-state index in [9.17, 15) is 29.2 Å². The van der Waals surface area contributed by atoms with Gasteiger partial charge in [0.05, 0.1) is 34.3 Å². The Bertz CT molecular complexity index is 2160. The molecule has 0 radical (unpaired) electrons. The number of nitrogens with zero attached hydrogens (tertiary/aromatic N) is 7. The summed E-state index contributed by atoms with van der Waals surface area (Å²) in [7, 11) is 0. The van der Waals surface area contributed by atoms with Crippen LogP contribution in [0.25, 0.3) is 0 Å². The van der Waals surface area contributed by atoms with Crippen LogP contribution in [-0.2, 0) is 9.59 Å². The fourth-order valence-electron chi connectivity index (χ4n) is 9.28. The number of carbonyl (C=O) groups excluding carboxylic acids is 5. The number of aromatic nitrogens is 1. The smallest absolute Gasteiger partial charge is 0.322 e. The van der Waals surface area contributed by atoms with Crippen molar-refractivity contribution in [3.05, 3.63) is 76.4 Å². The van der Waals surface area contributed by atoms with Gasteiger partial charge >= 0.3 is 6.03 Å². The largest absolute Gasteiger partial charge is 0.369 e. The van der Waals surface area contributed by atoms with Gasteiger partial charge in [0.1, 0.15) is 11.9 Å². The van der Waals surface area contributed by atoms with Crippen molar-refractivity contribution in [1.82, 2.24) is 20.1 Å². The number of hydrogen-bond acceptors (Lipinski definition) is 11. The molecule has 58 heavy (non-hydrogen) atoms. The van der Waals surface area contributed by atoms with Crippen molar-refractivity contribution in [2.45, 2.75) is 51.6 Å². The zero-order valence-electron chi connectivity index (χ0n) is 32.8. The van der Waals surface area contributed by atoms with Gasteiger partial charge in [-0.05, 0) is 87.6 Å². The number of fused-ring (bicyclic) bond motifs is 1. The first-order valence-corrected chi connectivity index (χ1v) is 20.6. The van der Waals surface area contributed by atoms with Crippen LogP contribution in [0.4, 0.5) is 27.7 Å². The van der Waals surface area contributed by atoms with E-state index in [0.717, 1.165) is 75.8 Å². The molecule has 15 heteroatoms. The standard InChI is InChI=1S/C43H48ClN9O5/c1-26-24-53(27(2)23-52(26)32-5-3-29(21-45)36(44)20-32)43(58)47-30-4-9-37(46-22-30)51-13-11-28(12-14-51)25-49-15-17-50(18-16-49)31-6-7-33-35(19-31)41(56)39(40(33)55)34-8-10-38(54)48-42(34)57/h3-7,9,19-20,22,26-28,34,39H,8,10-18,23-25H2,1-2H3,(H,47,58)(H,48,54,57)/t26-,27+,34?,39?/m0/s1. The van der Waals surface area contributed by atoms with Crippen LogP contribution in [0.3, 0.4) is 0 Å². The van der Waals surface area contributed by atoms with Crippen molar-refractivity contribution < 1.29 is 24.0 Å². The van der Waals surface area contributed by atoms with Crippen LogP contribution in [0.5, 0.6) is 0 Å². The van der Waals surface area contributed by atoms with E-state index in [0.29, 0.717) is 46.4 Å². The summed E-state index contributed by atoms with van der Waals surface area (Å²) in [5.41, 5.74) is 3.68. The van der Waals surface area contributed by atoms with Crippen molar-refractivity contribution >= 4 is 63.9 Å². The minimum atomic E-state index is -1.06. The highest BCUT2D eigenvalue weighted by Crippen LogP contribution is 2.37. The third-order valence-corrected chi connectivity index (χ3v) is 12.9. The maximum atomic E-state index is 13.4. The monoisotopic (exact) mass is 805 g/mol. The number of ketones is 2. The lowest BCUT2D eigenvalue weighted by molar-refractivity contribution is -0.137. The normalized spacial score (nSPS) is 24.4. The van der Waals surface area contributed by atoms with Gasteiger partial charge in [-0.1, -0.05) is 11.6 Å². The first-order valence-electron chi connectivity index (χ1n) is 20.3. The Morgan fingerprint density at radius 2 is 1.60 bits per heavy atom. The first-order chi connectivity index (χ1) is 28.0. The Kier molecular flexibility index (Phi) is 11.1. The van der Waals surface area contributed by atoms with Gasteiger partial charge in [-0.2, -0.15) is 5.26 Å². The lowest BCUT2D eigenvalue weighted by Crippen LogP contribution is -2.59. The topological polar surface area (TPSA) is 162 Å². The molecule has 4 fully saturated rings. The average Bonchev–Trinajstić information content (AvgIpc) is 3.47. The van der Waals surface area contributed by atoms with E-state index in [4.69, 9.17) is 16.6 Å². The minimum absolute atomic E-state index is 0.0455. The Hall–Kier alpha value is -5.52. The number of hydrogen-bond donors (Lipinski definition) is 2. The van der Waals surface area contributed by atoms with E-state index in [1.165, 1.54) is 0 Å². The number of nitriles is 1. The molecule has 4 aliphatic heterocycles. The van der Waals surface area contributed by atoms with E-state index < -0.39 is 17.7 Å². The molecule has 0 saturated carbocycles. The summed E-state index contributed by atoms with van der Waals surface area (Å²) in [5.74, 6) is -1.93. The van der Waals surface area contributed by atoms with Gasteiger partial charge in [-0.15, -0.1) is 0 Å². The van der Waals surface area contributed by atoms with Crippen LogP contribution >= 0.6 is 11.6 Å². The third-order valence-electron chi connectivity index (χ3n) is 12.6. The van der Waals surface area contributed by atoms with Gasteiger partial charge in [-0.25, -0.2) is 9.78 Å². The molecule has 5 aliphatic rings. The summed E-state index contributed by atoms with van der Waals surface area (Å²) >= 11 is 6.30. The molecule has 4 atom stereocenters. The maximum absolute atomic E-state index is 13.4. The molecule has 8 rings (SSSR count). The molecule has 1 aromatic heterocycles. The number of anilines is 4. The minimum Gasteiger partial charge on any atom is -0.369 e. The first kappa shape index (κ1) is 39.3. The number of Topliss-reactive ketones (excluding diaryl/α,β-unsaturated/α-hetero) is 2. The van der Waals surface area contributed by atoms with E-state index in [1.54, 1.807) is 18.3 Å². The van der Waals surface area contributed by atoms with Crippen LogP contribution < -0.4 is 25.3 Å². The zero-order valence-corrected chi connectivity index (χ0v) is 33.6. The van der Waals surface area contributed by atoms with Crippen LogP contribution in [0.1, 0.15) is 65.8 Å². The van der Waals surface area contributed by atoms with E-state index >= 15 is 0 Å². The molecule has 0 spiro atoms. The molecule has 3 aromatic rings. The van der Waals surface area contributed by atoms with Crippen LogP contribution in [0, 0.1) is 29.1 Å². The number of halogens is 1. The lowest BCUT2D eigenvalue weighted by Gasteiger charge is -2.45. The third kappa shape index (κ3) is 7.85. The number of piperazine rings is 2. The summed E-state index contributed by atoms with van der Waals surface area (Å²) in [6.07, 6.45) is 4.19. The van der Waals surface area contributed by atoms with E-state index in [2.05, 4.69) is 43.2 Å². The number of benzene rings is 2. The van der Waals surface area contributed by atoms with Gasteiger partial charge in [0.25, 0.3) is 0 Å². The number of amides is 4. The second-order valence-electron chi connectivity index (χ2n) is 16.3. The molecule has 2 aromatic carbocycles. The lowest BCUT2D eigenvalue weighted by atomic mass is 9.82. The summed E-state index contributed by atoms with van der Waals surface area (Å²) in [6.45, 7) is 11.6. The molecule has 302 valence electrons. The van der Waals surface area contributed by atoms with Crippen molar-refractivity contribution in [3.63, 3.8) is 0 Å². The Morgan fingerprint density at radius 1 is 0.862 bits per heavy atom. The number of urea groups is 1. The fourth-order valence-corrected chi connectivity index (χ4v) is 9.50. The number of imide groups is 1. The second kappa shape index (κ2) is 16.4. The van der Waals surface area contributed by atoms with Gasteiger partial charge < -0.3 is 24.9 Å². The van der Waals surface area contributed by atoms with E-state index in [1.807, 2.05) is 48.2 Å². The number of rotatable bonds is 7. The Labute approximate surface area is 343 Å². The molecule has 2 N–H and O–H groups in total. The molecular weight excluding hydrogens is 758 g/mol. The zero-order chi connectivity index (χ0) is 40.7. The van der Waals surface area contributed by atoms with Gasteiger partial charge in [-0.3, -0.25) is 29.4 Å². The molecule has 4 saturated heterocycles. The molecule has 1 aliphatic carbocycles. The molecule has 2 unspecified atom stereocenters. The Morgan fingerprint density at radius 3 is 2.29 bits per heavy atom. The molecule has 0 bridgehead atoms. The molecular formula is C43H48ClN9O5. The number of piperidine rings is 2. The summed E-state index contributed by atoms with van der Waals surface area (Å²) < 4.78 is 0. The van der Waals surface area contributed by atoms with Crippen molar-refractivity contribution in [3.8, 4) is 6.07 Å². The number of nitrogens with one attached hydrogen (secondary N) is 2. The van der Waals surface area contributed by atoms with Crippen molar-refractivity contribution in [2.24, 2.45) is 17.8 Å². The highest BCUT2D eigenvalue weighted by atomic mass is 35.5. The SMILES string of the molecule is C[C@@H]1CN(c2ccc(C#N)c(Cl)c2)[C@@H](C)CN1C(=O)Nc1ccc(N2CCC(CN3CCN(c4ccc5c(c4)C(=O)C(C4CCC(=O)NC4=O)C5=O)CC3)CC2)nc1. The number of pyridine rings is 1. The van der Waals surface area contributed by atoms with Crippen LogP contribution in [0.15, 0.2) is 54.7 Å². The van der Waals surface area contributed by atoms with Gasteiger partial charge in [0, 0.05) is 99.9 Å². The summed E-state index contributed by atoms with van der Waals surface area (Å²) in [6, 6.07) is 16.7. The molecule has 4 amide bonds. The second-order valence-corrected chi connectivity index (χ2v) is 16.7. The fraction of sp³-hybridized carbons (Fsp3) is 0.465. The van der Waals surface area contributed by atoms with Crippen molar-refractivity contribution in [1.29, 1.82) is 5.26 Å². The summed E-state index contributed by atoms with van der Waals surface area (Å²) in [4.78, 5) is 79.9. The van der Waals surface area contributed by atoms with Gasteiger partial charge in [0.15, 0.2) is 11.6 Å². The average molecular weight is 806 g/mol. The van der Waals surface area contributed by atoms with Crippen LogP contribution in [0.2, 0.25) is 5.02 Å². The molecule has 14 nitrogen and oxygen atoms in total. The van der Waals surface area contributed by atoms with E-state index in [-0.39, 0.29) is 48.4 Å². The maximum Gasteiger partial charge on any atom is 0.322 e. The van der Waals surface area contributed by atoms with Gasteiger partial charge in [0.2, 0.25) is 11.8 Å². The number of carbonyl (C=O) groups is 5. The summed E-state index contributed by atoms with van der Waals surface area (Å²) in [5, 5.41) is 15.0.